The quantitative estimate of drug-likeness (QED) is 0.658. The minimum Gasteiger partial charge on any atom is -0.384 e. The summed E-state index contributed by atoms with van der Waals surface area (Å²) in [5.41, 5.74) is 4.01. The second-order valence-corrected chi connectivity index (χ2v) is 5.27. The fourth-order valence-corrected chi connectivity index (χ4v) is 2.59. The third-order valence-electron chi connectivity index (χ3n) is 2.50. The monoisotopic (exact) mass is 276 g/mol. The van der Waals surface area contributed by atoms with E-state index in [1.807, 2.05) is 0 Å². The van der Waals surface area contributed by atoms with E-state index >= 15 is 0 Å². The number of nitrogen functional groups attached to an aromatic ring is 1. The van der Waals surface area contributed by atoms with Gasteiger partial charge in [0.15, 0.2) is 0 Å². The van der Waals surface area contributed by atoms with Gasteiger partial charge in [0.25, 0.3) is 0 Å². The van der Waals surface area contributed by atoms with Crippen molar-refractivity contribution in [2.45, 2.75) is 16.3 Å². The second kappa shape index (κ2) is 4.81. The number of ether oxygens (including phenoxy) is 1. The number of nitrogens with one attached hydrogen (secondary N) is 1. The molecule has 0 spiro atoms. The fraction of sp³-hybridized carbons (Fsp3) is 0.364. The Morgan fingerprint density at radius 3 is 2.50 bits per heavy atom. The van der Waals surface area contributed by atoms with E-state index in [-0.39, 0.29) is 10.8 Å². The van der Waals surface area contributed by atoms with Crippen LogP contribution in [0.1, 0.15) is 11.1 Å². The molecule has 1 aliphatic rings. The predicted molar refractivity (Wildman–Crippen MR) is 62.9 cm³/mol. The molecule has 2 rings (SSSR count). The van der Waals surface area contributed by atoms with Crippen LogP contribution < -0.4 is 5.73 Å². The van der Waals surface area contributed by atoms with Gasteiger partial charge in [-0.15, -0.1) is 11.8 Å². The zero-order chi connectivity index (χ0) is 13.3. The number of hydrogen-bond acceptors (Lipinski definition) is 3. The van der Waals surface area contributed by atoms with Crippen molar-refractivity contribution in [1.82, 2.24) is 0 Å². The molecule has 0 unspecified atom stereocenters. The number of nitrogens with two attached hydrogens (primary N) is 1. The highest BCUT2D eigenvalue weighted by Crippen LogP contribution is 2.36. The molecule has 1 aromatic rings. The van der Waals surface area contributed by atoms with E-state index in [1.54, 1.807) is 6.07 Å². The van der Waals surface area contributed by atoms with Gasteiger partial charge < -0.3 is 10.5 Å². The van der Waals surface area contributed by atoms with E-state index in [9.17, 15) is 13.2 Å². The maximum absolute atomic E-state index is 12.8. The fourth-order valence-electron chi connectivity index (χ4n) is 1.54. The highest BCUT2D eigenvalue weighted by Gasteiger charge is 2.34. The summed E-state index contributed by atoms with van der Waals surface area (Å²) >= 11 is 1.34. The largest absolute Gasteiger partial charge is 0.417 e. The molecule has 0 saturated carbocycles. The van der Waals surface area contributed by atoms with Crippen molar-refractivity contribution in [2.75, 3.05) is 13.2 Å². The van der Waals surface area contributed by atoms with Gasteiger partial charge in [0.05, 0.1) is 24.0 Å². The molecule has 7 heteroatoms. The lowest BCUT2D eigenvalue weighted by molar-refractivity contribution is -0.137. The van der Waals surface area contributed by atoms with Gasteiger partial charge in [-0.25, -0.2) is 0 Å². The summed E-state index contributed by atoms with van der Waals surface area (Å²) in [7, 11) is 0. The lowest BCUT2D eigenvalue weighted by Crippen LogP contribution is -2.30. The van der Waals surface area contributed by atoms with Crippen molar-refractivity contribution in [3.8, 4) is 0 Å². The topological polar surface area (TPSA) is 59.1 Å². The molecule has 1 aliphatic heterocycles. The molecule has 0 radical (unpaired) electrons. The number of halogens is 3. The number of amidine groups is 1. The first kappa shape index (κ1) is 13.2. The van der Waals surface area contributed by atoms with E-state index in [0.717, 1.165) is 6.07 Å². The van der Waals surface area contributed by atoms with Crippen molar-refractivity contribution >= 4 is 17.6 Å². The van der Waals surface area contributed by atoms with Crippen LogP contribution in [-0.2, 0) is 10.9 Å². The third kappa shape index (κ3) is 2.78. The SMILES string of the molecule is N=C(N)c1ccc(SC2COC2)cc1C(F)(F)F. The summed E-state index contributed by atoms with van der Waals surface area (Å²) in [6, 6.07) is 3.84. The molecule has 0 aliphatic carbocycles. The molecule has 1 fully saturated rings. The number of benzene rings is 1. The minimum absolute atomic E-state index is 0.203. The average Bonchev–Trinajstić information content (AvgIpc) is 2.22. The summed E-state index contributed by atoms with van der Waals surface area (Å²) in [4.78, 5) is 0.514. The van der Waals surface area contributed by atoms with Crippen molar-refractivity contribution in [3.05, 3.63) is 29.3 Å². The van der Waals surface area contributed by atoms with Crippen LogP contribution in [0.2, 0.25) is 0 Å². The van der Waals surface area contributed by atoms with Gasteiger partial charge >= 0.3 is 6.18 Å². The van der Waals surface area contributed by atoms with Crippen LogP contribution in [-0.4, -0.2) is 24.3 Å². The van der Waals surface area contributed by atoms with Gasteiger partial charge in [0, 0.05) is 10.5 Å². The Labute approximate surface area is 106 Å². The Morgan fingerprint density at radius 1 is 1.39 bits per heavy atom. The van der Waals surface area contributed by atoms with Gasteiger partial charge in [-0.05, 0) is 18.2 Å². The van der Waals surface area contributed by atoms with Gasteiger partial charge in [-0.3, -0.25) is 5.41 Å². The molecule has 1 heterocycles. The van der Waals surface area contributed by atoms with Gasteiger partial charge in [0.2, 0.25) is 0 Å². The van der Waals surface area contributed by atoms with Gasteiger partial charge in [0.1, 0.15) is 5.84 Å². The van der Waals surface area contributed by atoms with Crippen LogP contribution in [0.25, 0.3) is 0 Å². The highest BCUT2D eigenvalue weighted by atomic mass is 32.2. The smallest absolute Gasteiger partial charge is 0.384 e. The molecule has 3 N–H and O–H groups in total. The zero-order valence-electron chi connectivity index (χ0n) is 9.25. The van der Waals surface area contributed by atoms with Gasteiger partial charge in [-0.1, -0.05) is 0 Å². The summed E-state index contributed by atoms with van der Waals surface area (Å²) in [6.45, 7) is 1.11. The number of rotatable bonds is 3. The van der Waals surface area contributed by atoms with E-state index in [0.29, 0.717) is 18.1 Å². The van der Waals surface area contributed by atoms with Gasteiger partial charge in [-0.2, -0.15) is 13.2 Å². The van der Waals surface area contributed by atoms with Crippen LogP contribution in [0.4, 0.5) is 13.2 Å². The number of hydrogen-bond donors (Lipinski definition) is 2. The first-order valence-corrected chi connectivity index (χ1v) is 6.06. The average molecular weight is 276 g/mol. The highest BCUT2D eigenvalue weighted by molar-refractivity contribution is 8.00. The maximum Gasteiger partial charge on any atom is 0.417 e. The Bertz CT molecular complexity index is 472. The predicted octanol–water partition coefficient (Wildman–Crippen LogP) is 2.48. The lowest BCUT2D eigenvalue weighted by atomic mass is 10.1. The molecule has 0 amide bonds. The molecule has 0 atom stereocenters. The number of thioether (sulfide) groups is 1. The Hall–Kier alpha value is -1.21. The first-order chi connectivity index (χ1) is 8.38. The first-order valence-electron chi connectivity index (χ1n) is 5.18. The lowest BCUT2D eigenvalue weighted by Gasteiger charge is -2.25. The Morgan fingerprint density at radius 2 is 2.06 bits per heavy atom. The second-order valence-electron chi connectivity index (χ2n) is 3.90. The Kier molecular flexibility index (Phi) is 3.54. The zero-order valence-corrected chi connectivity index (χ0v) is 10.1. The van der Waals surface area contributed by atoms with Crippen LogP contribution in [0.5, 0.6) is 0 Å². The van der Waals surface area contributed by atoms with E-state index in [2.05, 4.69) is 0 Å². The molecule has 18 heavy (non-hydrogen) atoms. The third-order valence-corrected chi connectivity index (χ3v) is 3.63. The molecule has 0 aromatic heterocycles. The van der Waals surface area contributed by atoms with Crippen LogP contribution in [0, 0.1) is 5.41 Å². The summed E-state index contributed by atoms with van der Waals surface area (Å²) in [5.74, 6) is -0.578. The van der Waals surface area contributed by atoms with Crippen LogP contribution in [0.15, 0.2) is 23.1 Å². The van der Waals surface area contributed by atoms with E-state index in [1.165, 1.54) is 17.8 Å². The van der Waals surface area contributed by atoms with E-state index in [4.69, 9.17) is 15.9 Å². The normalized spacial score (nSPS) is 16.4. The van der Waals surface area contributed by atoms with Crippen molar-refractivity contribution in [3.63, 3.8) is 0 Å². The van der Waals surface area contributed by atoms with Crippen LogP contribution >= 0.6 is 11.8 Å². The van der Waals surface area contributed by atoms with Crippen molar-refractivity contribution in [2.24, 2.45) is 5.73 Å². The minimum atomic E-state index is -4.51. The molecule has 1 saturated heterocycles. The molecular weight excluding hydrogens is 265 g/mol. The summed E-state index contributed by atoms with van der Waals surface area (Å²) in [5, 5.41) is 7.37. The van der Waals surface area contributed by atoms with Crippen molar-refractivity contribution < 1.29 is 17.9 Å². The molecule has 1 aromatic carbocycles. The molecule has 0 bridgehead atoms. The van der Waals surface area contributed by atoms with Crippen LogP contribution in [0.3, 0.4) is 0 Å². The van der Waals surface area contributed by atoms with Crippen molar-refractivity contribution in [1.29, 1.82) is 5.41 Å². The summed E-state index contributed by atoms with van der Waals surface area (Å²) < 4.78 is 43.5. The standard InChI is InChI=1S/C11H11F3N2OS/c12-11(13,14)9-3-6(18-7-4-17-5-7)1-2-8(9)10(15)16/h1-3,7H,4-5H2,(H3,15,16). The molecule has 98 valence electrons. The molecule has 3 nitrogen and oxygen atoms in total. The number of alkyl halides is 3. The Balaban J connectivity index is 2.32. The summed E-state index contributed by atoms with van der Waals surface area (Å²) in [6.07, 6.45) is -4.51. The molecular formula is C11H11F3N2OS. The van der Waals surface area contributed by atoms with E-state index < -0.39 is 17.6 Å². The maximum atomic E-state index is 12.8.